The molecule has 1 aromatic rings. The number of hydrogen-bond acceptors (Lipinski definition) is 5. The number of aromatic carboxylic acids is 1. The summed E-state index contributed by atoms with van der Waals surface area (Å²) in [6.07, 6.45) is 1.42. The summed E-state index contributed by atoms with van der Waals surface area (Å²) in [5, 5.41) is 21.4. The van der Waals surface area contributed by atoms with Crippen LogP contribution in [0.4, 0.5) is 0 Å². The van der Waals surface area contributed by atoms with Crippen LogP contribution in [-0.2, 0) is 0 Å². The van der Waals surface area contributed by atoms with Crippen LogP contribution in [-0.4, -0.2) is 47.5 Å². The molecule has 0 amide bonds. The van der Waals surface area contributed by atoms with E-state index < -0.39 is 5.97 Å². The summed E-state index contributed by atoms with van der Waals surface area (Å²) >= 11 is 0. The van der Waals surface area contributed by atoms with Crippen LogP contribution >= 0.6 is 0 Å². The van der Waals surface area contributed by atoms with Crippen molar-refractivity contribution in [2.75, 3.05) is 26.2 Å². The molecule has 0 spiro atoms. The zero-order valence-electron chi connectivity index (χ0n) is 8.31. The molecule has 0 aliphatic carbocycles. The molecule has 6 heteroatoms. The SMILES string of the molecule is C1CNCCN1.O=C(O)c1cccnn1. The molecule has 6 nitrogen and oxygen atoms in total. The minimum absolute atomic E-state index is 0.0301. The van der Waals surface area contributed by atoms with Gasteiger partial charge in [-0.2, -0.15) is 5.10 Å². The minimum Gasteiger partial charge on any atom is -0.476 e. The Morgan fingerprint density at radius 2 is 1.87 bits per heavy atom. The summed E-state index contributed by atoms with van der Waals surface area (Å²) in [5.41, 5.74) is -0.0301. The lowest BCUT2D eigenvalue weighted by atomic mass is 10.4. The predicted octanol–water partition coefficient (Wildman–Crippen LogP) is -0.646. The van der Waals surface area contributed by atoms with Gasteiger partial charge in [0.1, 0.15) is 0 Å². The van der Waals surface area contributed by atoms with Crippen molar-refractivity contribution in [2.24, 2.45) is 0 Å². The van der Waals surface area contributed by atoms with E-state index in [-0.39, 0.29) is 5.69 Å². The van der Waals surface area contributed by atoms with Gasteiger partial charge in [0, 0.05) is 32.4 Å². The van der Waals surface area contributed by atoms with Gasteiger partial charge >= 0.3 is 5.97 Å². The molecule has 2 heterocycles. The highest BCUT2D eigenvalue weighted by atomic mass is 16.4. The van der Waals surface area contributed by atoms with Crippen molar-refractivity contribution < 1.29 is 9.90 Å². The fraction of sp³-hybridized carbons (Fsp3) is 0.444. The molecule has 0 atom stereocenters. The Balaban J connectivity index is 0.000000162. The van der Waals surface area contributed by atoms with E-state index in [0.717, 1.165) is 26.2 Å². The molecule has 1 aromatic heterocycles. The third-order valence-corrected chi connectivity index (χ3v) is 1.75. The monoisotopic (exact) mass is 210 g/mol. The van der Waals surface area contributed by atoms with E-state index in [0.29, 0.717) is 0 Å². The summed E-state index contributed by atoms with van der Waals surface area (Å²) in [6, 6.07) is 2.91. The van der Waals surface area contributed by atoms with Crippen molar-refractivity contribution in [1.82, 2.24) is 20.8 Å². The number of hydrogen-bond donors (Lipinski definition) is 3. The molecule has 1 aliphatic heterocycles. The number of carboxylic acids is 1. The van der Waals surface area contributed by atoms with Gasteiger partial charge in [-0.1, -0.05) is 0 Å². The summed E-state index contributed by atoms with van der Waals surface area (Å²) in [7, 11) is 0. The van der Waals surface area contributed by atoms with Crippen LogP contribution < -0.4 is 10.6 Å². The predicted molar refractivity (Wildman–Crippen MR) is 54.7 cm³/mol. The number of rotatable bonds is 1. The van der Waals surface area contributed by atoms with Crippen LogP contribution in [0.15, 0.2) is 18.3 Å². The Labute approximate surface area is 87.7 Å². The largest absolute Gasteiger partial charge is 0.476 e. The lowest BCUT2D eigenvalue weighted by Gasteiger charge is -2.11. The molecule has 0 radical (unpaired) electrons. The molecule has 0 saturated carbocycles. The highest BCUT2D eigenvalue weighted by Crippen LogP contribution is 1.87. The summed E-state index contributed by atoms with van der Waals surface area (Å²) in [4.78, 5) is 10.1. The van der Waals surface area contributed by atoms with E-state index in [2.05, 4.69) is 20.8 Å². The number of aromatic nitrogens is 2. The van der Waals surface area contributed by atoms with E-state index in [9.17, 15) is 4.79 Å². The number of carbonyl (C=O) groups is 1. The average molecular weight is 210 g/mol. The van der Waals surface area contributed by atoms with Gasteiger partial charge in [-0.3, -0.25) is 0 Å². The van der Waals surface area contributed by atoms with Crippen LogP contribution in [0.1, 0.15) is 10.5 Å². The topological polar surface area (TPSA) is 87.1 Å². The van der Waals surface area contributed by atoms with Gasteiger partial charge in [-0.25, -0.2) is 4.79 Å². The van der Waals surface area contributed by atoms with Crippen LogP contribution in [0.2, 0.25) is 0 Å². The van der Waals surface area contributed by atoms with Gasteiger partial charge < -0.3 is 15.7 Å². The highest BCUT2D eigenvalue weighted by molar-refractivity contribution is 5.84. The first kappa shape index (κ1) is 11.5. The molecule has 15 heavy (non-hydrogen) atoms. The summed E-state index contributed by atoms with van der Waals surface area (Å²) in [5.74, 6) is -1.05. The van der Waals surface area contributed by atoms with Crippen molar-refractivity contribution in [2.45, 2.75) is 0 Å². The van der Waals surface area contributed by atoms with Gasteiger partial charge in [0.05, 0.1) is 0 Å². The average Bonchev–Trinajstić information content (AvgIpc) is 2.33. The Kier molecular flexibility index (Phi) is 5.28. The first-order valence-electron chi connectivity index (χ1n) is 4.73. The quantitative estimate of drug-likeness (QED) is 0.571. The second kappa shape index (κ2) is 6.86. The Morgan fingerprint density at radius 1 is 1.27 bits per heavy atom. The molecule has 0 aromatic carbocycles. The summed E-state index contributed by atoms with van der Waals surface area (Å²) in [6.45, 7) is 4.56. The molecular formula is C9H14N4O2. The number of piperazine rings is 1. The third kappa shape index (κ3) is 5.04. The molecule has 2 rings (SSSR count). The van der Waals surface area contributed by atoms with Crippen LogP contribution in [0.3, 0.4) is 0 Å². The second-order valence-corrected chi connectivity index (χ2v) is 2.91. The first-order chi connectivity index (χ1) is 7.30. The van der Waals surface area contributed by atoms with Gasteiger partial charge in [0.2, 0.25) is 0 Å². The number of nitrogens with one attached hydrogen (secondary N) is 2. The maximum absolute atomic E-state index is 10.1. The fourth-order valence-electron chi connectivity index (χ4n) is 1.02. The van der Waals surface area contributed by atoms with Crippen LogP contribution in [0.5, 0.6) is 0 Å². The Morgan fingerprint density at radius 3 is 2.13 bits per heavy atom. The first-order valence-corrected chi connectivity index (χ1v) is 4.73. The molecule has 0 bridgehead atoms. The molecule has 1 fully saturated rings. The number of nitrogens with zero attached hydrogens (tertiary/aromatic N) is 2. The van der Waals surface area contributed by atoms with Gasteiger partial charge in [0.15, 0.2) is 5.69 Å². The molecule has 0 unspecified atom stereocenters. The zero-order valence-corrected chi connectivity index (χ0v) is 8.31. The smallest absolute Gasteiger partial charge is 0.356 e. The van der Waals surface area contributed by atoms with E-state index in [1.54, 1.807) is 0 Å². The van der Waals surface area contributed by atoms with E-state index in [4.69, 9.17) is 5.11 Å². The maximum atomic E-state index is 10.1. The second-order valence-electron chi connectivity index (χ2n) is 2.91. The number of carboxylic acid groups (broad SMARTS) is 1. The van der Waals surface area contributed by atoms with Crippen molar-refractivity contribution in [1.29, 1.82) is 0 Å². The summed E-state index contributed by atoms with van der Waals surface area (Å²) < 4.78 is 0. The lowest BCUT2D eigenvalue weighted by Crippen LogP contribution is -2.39. The highest BCUT2D eigenvalue weighted by Gasteiger charge is 2.00. The van der Waals surface area contributed by atoms with Crippen molar-refractivity contribution in [3.05, 3.63) is 24.0 Å². The van der Waals surface area contributed by atoms with Crippen molar-refractivity contribution in [3.63, 3.8) is 0 Å². The van der Waals surface area contributed by atoms with E-state index in [1.807, 2.05) is 0 Å². The maximum Gasteiger partial charge on any atom is 0.356 e. The zero-order chi connectivity index (χ0) is 10.9. The lowest BCUT2D eigenvalue weighted by molar-refractivity contribution is 0.0689. The molecule has 1 saturated heterocycles. The normalized spacial score (nSPS) is 14.9. The van der Waals surface area contributed by atoms with Gasteiger partial charge in [-0.05, 0) is 12.1 Å². The van der Waals surface area contributed by atoms with Gasteiger partial charge in [0.25, 0.3) is 0 Å². The standard InChI is InChI=1S/C5H4N2O2.C4H10N2/c8-5(9)4-2-1-3-6-7-4;1-2-6-4-3-5-1/h1-3H,(H,8,9);5-6H,1-4H2. The third-order valence-electron chi connectivity index (χ3n) is 1.75. The van der Waals surface area contributed by atoms with Crippen LogP contribution in [0.25, 0.3) is 0 Å². The van der Waals surface area contributed by atoms with Crippen LogP contribution in [0, 0.1) is 0 Å². The van der Waals surface area contributed by atoms with Gasteiger partial charge in [-0.15, -0.1) is 5.10 Å². The van der Waals surface area contributed by atoms with Crippen molar-refractivity contribution >= 4 is 5.97 Å². The molecular weight excluding hydrogens is 196 g/mol. The fourth-order valence-corrected chi connectivity index (χ4v) is 1.02. The molecule has 3 N–H and O–H groups in total. The molecule has 82 valence electrons. The van der Waals surface area contributed by atoms with E-state index >= 15 is 0 Å². The Bertz CT molecular complexity index is 276. The van der Waals surface area contributed by atoms with Crippen molar-refractivity contribution in [3.8, 4) is 0 Å². The minimum atomic E-state index is -1.05. The molecule has 1 aliphatic rings. The Hall–Kier alpha value is -1.53. The van der Waals surface area contributed by atoms with E-state index in [1.165, 1.54) is 18.3 Å².